The summed E-state index contributed by atoms with van der Waals surface area (Å²) in [4.78, 5) is 24.1. The highest BCUT2D eigenvalue weighted by molar-refractivity contribution is 5.96. The third kappa shape index (κ3) is 4.85. The molecule has 1 aromatic carbocycles. The number of benzene rings is 1. The van der Waals surface area contributed by atoms with E-state index in [1.807, 2.05) is 37.3 Å². The van der Waals surface area contributed by atoms with Crippen LogP contribution in [-0.2, 0) is 9.59 Å². The molecule has 1 fully saturated rings. The van der Waals surface area contributed by atoms with E-state index < -0.39 is 0 Å². The molecule has 0 heterocycles. The van der Waals surface area contributed by atoms with Gasteiger partial charge in [0.1, 0.15) is 0 Å². The maximum Gasteiger partial charge on any atom is 0.231 e. The molecule has 0 saturated heterocycles. The Hall–Kier alpha value is -1.90. The number of allylic oxidation sites excluding steroid dienone is 1. The SMILES string of the molecule is CC(C=CC(=O)C1CCCCC1)C(=O)Nc1ccccc1. The lowest BCUT2D eigenvalue weighted by Gasteiger charge is -2.18. The zero-order valence-electron chi connectivity index (χ0n) is 12.5. The van der Waals surface area contributed by atoms with E-state index in [1.54, 1.807) is 12.2 Å². The van der Waals surface area contributed by atoms with Crippen molar-refractivity contribution in [1.82, 2.24) is 0 Å². The van der Waals surface area contributed by atoms with Gasteiger partial charge in [-0.05, 0) is 31.1 Å². The Morgan fingerprint density at radius 1 is 1.14 bits per heavy atom. The van der Waals surface area contributed by atoms with Gasteiger partial charge in [0.2, 0.25) is 5.91 Å². The number of para-hydroxylation sites is 1. The van der Waals surface area contributed by atoms with Crippen LogP contribution in [0.3, 0.4) is 0 Å². The molecule has 0 aromatic heterocycles. The molecule has 1 aliphatic carbocycles. The van der Waals surface area contributed by atoms with Gasteiger partial charge in [-0.3, -0.25) is 9.59 Å². The molecule has 1 N–H and O–H groups in total. The number of rotatable bonds is 5. The Morgan fingerprint density at radius 3 is 2.48 bits per heavy atom. The van der Waals surface area contributed by atoms with Gasteiger partial charge in [0.15, 0.2) is 5.78 Å². The average Bonchev–Trinajstić information content (AvgIpc) is 2.54. The molecule has 1 aliphatic rings. The van der Waals surface area contributed by atoms with Gasteiger partial charge in [0.05, 0.1) is 5.92 Å². The standard InChI is InChI=1S/C18H23NO2/c1-14(18(21)19-16-10-6-3-7-11-16)12-13-17(20)15-8-4-2-5-9-15/h3,6-7,10-15H,2,4-5,8-9H2,1H3,(H,19,21). The van der Waals surface area contributed by atoms with Crippen molar-refractivity contribution in [3.8, 4) is 0 Å². The summed E-state index contributed by atoms with van der Waals surface area (Å²) in [5, 5.41) is 2.84. The molecule has 3 nitrogen and oxygen atoms in total. The van der Waals surface area contributed by atoms with Crippen LogP contribution in [0.4, 0.5) is 5.69 Å². The third-order valence-electron chi connectivity index (χ3n) is 4.01. The van der Waals surface area contributed by atoms with Crippen molar-refractivity contribution < 1.29 is 9.59 Å². The number of anilines is 1. The number of hydrogen-bond donors (Lipinski definition) is 1. The summed E-state index contributed by atoms with van der Waals surface area (Å²) in [6, 6.07) is 9.36. The van der Waals surface area contributed by atoms with Crippen LogP contribution in [0.2, 0.25) is 0 Å². The summed E-state index contributed by atoms with van der Waals surface area (Å²) in [6.07, 6.45) is 8.84. The highest BCUT2D eigenvalue weighted by atomic mass is 16.2. The quantitative estimate of drug-likeness (QED) is 0.832. The summed E-state index contributed by atoms with van der Waals surface area (Å²) in [6.45, 7) is 1.81. The van der Waals surface area contributed by atoms with E-state index >= 15 is 0 Å². The van der Waals surface area contributed by atoms with Crippen LogP contribution in [0.5, 0.6) is 0 Å². The van der Waals surface area contributed by atoms with Crippen molar-refractivity contribution in [2.75, 3.05) is 5.32 Å². The van der Waals surface area contributed by atoms with E-state index in [2.05, 4.69) is 5.32 Å². The monoisotopic (exact) mass is 285 g/mol. The molecule has 0 radical (unpaired) electrons. The number of nitrogens with one attached hydrogen (secondary N) is 1. The summed E-state index contributed by atoms with van der Waals surface area (Å²) in [5.74, 6) is -0.0555. The number of amides is 1. The van der Waals surface area contributed by atoms with Crippen molar-refractivity contribution in [2.24, 2.45) is 11.8 Å². The lowest BCUT2D eigenvalue weighted by Crippen LogP contribution is -2.20. The van der Waals surface area contributed by atoms with Gasteiger partial charge >= 0.3 is 0 Å². The minimum Gasteiger partial charge on any atom is -0.326 e. The second kappa shape index (κ2) is 7.77. The van der Waals surface area contributed by atoms with Crippen LogP contribution in [0.15, 0.2) is 42.5 Å². The van der Waals surface area contributed by atoms with E-state index in [-0.39, 0.29) is 23.5 Å². The zero-order valence-corrected chi connectivity index (χ0v) is 12.5. The lowest BCUT2D eigenvalue weighted by atomic mass is 9.86. The normalized spacial score (nSPS) is 17.6. The number of hydrogen-bond acceptors (Lipinski definition) is 2. The molecule has 2 rings (SSSR count). The number of carbonyl (C=O) groups is 2. The summed E-state index contributed by atoms with van der Waals surface area (Å²) >= 11 is 0. The molecule has 1 aromatic rings. The first kappa shape index (κ1) is 15.5. The van der Waals surface area contributed by atoms with Crippen molar-refractivity contribution in [1.29, 1.82) is 0 Å². The van der Waals surface area contributed by atoms with E-state index in [0.717, 1.165) is 31.4 Å². The van der Waals surface area contributed by atoms with Gasteiger partial charge in [0, 0.05) is 11.6 Å². The van der Waals surface area contributed by atoms with Crippen molar-refractivity contribution in [3.63, 3.8) is 0 Å². The van der Waals surface area contributed by atoms with Crippen molar-refractivity contribution in [2.45, 2.75) is 39.0 Å². The Balaban J connectivity index is 1.84. The van der Waals surface area contributed by atoms with E-state index in [9.17, 15) is 9.59 Å². The predicted molar refractivity (Wildman–Crippen MR) is 85.0 cm³/mol. The lowest BCUT2D eigenvalue weighted by molar-refractivity contribution is -0.119. The topological polar surface area (TPSA) is 46.2 Å². The highest BCUT2D eigenvalue weighted by Crippen LogP contribution is 2.24. The summed E-state index contributed by atoms with van der Waals surface area (Å²) in [7, 11) is 0. The van der Waals surface area contributed by atoms with Crippen LogP contribution < -0.4 is 5.32 Å². The molecule has 1 saturated carbocycles. The van der Waals surface area contributed by atoms with Gasteiger partial charge < -0.3 is 5.32 Å². The Labute approximate surface area is 126 Å². The first-order chi connectivity index (χ1) is 10.2. The molecule has 0 bridgehead atoms. The highest BCUT2D eigenvalue weighted by Gasteiger charge is 2.19. The fraction of sp³-hybridized carbons (Fsp3) is 0.444. The second-order valence-electron chi connectivity index (χ2n) is 5.74. The molecule has 0 spiro atoms. The molecular formula is C18H23NO2. The molecule has 1 unspecified atom stereocenters. The Kier molecular flexibility index (Phi) is 5.73. The molecular weight excluding hydrogens is 262 g/mol. The average molecular weight is 285 g/mol. The minimum atomic E-state index is -0.308. The smallest absolute Gasteiger partial charge is 0.231 e. The van der Waals surface area contributed by atoms with Gasteiger partial charge in [-0.2, -0.15) is 0 Å². The molecule has 0 aliphatic heterocycles. The largest absolute Gasteiger partial charge is 0.326 e. The zero-order chi connectivity index (χ0) is 15.1. The van der Waals surface area contributed by atoms with Gasteiger partial charge in [0.25, 0.3) is 0 Å². The van der Waals surface area contributed by atoms with Crippen LogP contribution in [-0.4, -0.2) is 11.7 Å². The molecule has 21 heavy (non-hydrogen) atoms. The van der Waals surface area contributed by atoms with Crippen LogP contribution in [0.1, 0.15) is 39.0 Å². The number of ketones is 1. The Bertz CT molecular complexity index is 501. The predicted octanol–water partition coefficient (Wildman–Crippen LogP) is 3.97. The van der Waals surface area contributed by atoms with Crippen LogP contribution in [0, 0.1) is 11.8 Å². The first-order valence-electron chi connectivity index (χ1n) is 7.75. The molecule has 112 valence electrons. The summed E-state index contributed by atoms with van der Waals surface area (Å²) < 4.78 is 0. The molecule has 1 atom stereocenters. The molecule has 3 heteroatoms. The Morgan fingerprint density at radius 2 is 1.81 bits per heavy atom. The van der Waals surface area contributed by atoms with Crippen molar-refractivity contribution in [3.05, 3.63) is 42.5 Å². The minimum absolute atomic E-state index is 0.0890. The van der Waals surface area contributed by atoms with Gasteiger partial charge in [-0.1, -0.05) is 50.5 Å². The van der Waals surface area contributed by atoms with Gasteiger partial charge in [-0.15, -0.1) is 0 Å². The van der Waals surface area contributed by atoms with E-state index in [0.29, 0.717) is 0 Å². The third-order valence-corrected chi connectivity index (χ3v) is 4.01. The second-order valence-corrected chi connectivity index (χ2v) is 5.74. The maximum atomic E-state index is 12.1. The summed E-state index contributed by atoms with van der Waals surface area (Å²) in [5.41, 5.74) is 0.779. The first-order valence-corrected chi connectivity index (χ1v) is 7.75. The van der Waals surface area contributed by atoms with Crippen LogP contribution in [0.25, 0.3) is 0 Å². The van der Waals surface area contributed by atoms with Crippen molar-refractivity contribution >= 4 is 17.4 Å². The number of carbonyl (C=O) groups excluding carboxylic acids is 2. The molecule has 1 amide bonds. The maximum absolute atomic E-state index is 12.1. The van der Waals surface area contributed by atoms with E-state index in [1.165, 1.54) is 6.42 Å². The fourth-order valence-electron chi connectivity index (χ4n) is 2.63. The fourth-order valence-corrected chi connectivity index (χ4v) is 2.63. The van der Waals surface area contributed by atoms with Crippen LogP contribution >= 0.6 is 0 Å². The van der Waals surface area contributed by atoms with Gasteiger partial charge in [-0.25, -0.2) is 0 Å². The van der Waals surface area contributed by atoms with E-state index in [4.69, 9.17) is 0 Å².